The number of methoxy groups -OCH3 is 1. The molecule has 0 aliphatic heterocycles. The number of hydrogen-bond donors (Lipinski definition) is 1. The predicted molar refractivity (Wildman–Crippen MR) is 70.9 cm³/mol. The number of aromatic nitrogens is 2. The van der Waals surface area contributed by atoms with E-state index in [0.29, 0.717) is 23.4 Å². The number of anilines is 1. The molecular formula is C12H17N3O3S. The van der Waals surface area contributed by atoms with Gasteiger partial charge in [-0.25, -0.2) is 0 Å². The fourth-order valence-electron chi connectivity index (χ4n) is 2.40. The molecule has 6 nitrogen and oxygen atoms in total. The highest BCUT2D eigenvalue weighted by molar-refractivity contribution is 7.15. The van der Waals surface area contributed by atoms with Crippen molar-refractivity contribution < 1.29 is 14.3 Å². The second-order valence-electron chi connectivity index (χ2n) is 4.78. The molecule has 0 unspecified atom stereocenters. The van der Waals surface area contributed by atoms with Gasteiger partial charge in [0.1, 0.15) is 5.01 Å². The van der Waals surface area contributed by atoms with Gasteiger partial charge in [0.2, 0.25) is 11.0 Å². The average Bonchev–Trinajstić information content (AvgIpc) is 2.97. The van der Waals surface area contributed by atoms with Crippen molar-refractivity contribution in [2.75, 3.05) is 12.4 Å². The smallest absolute Gasteiger partial charge is 0.305 e. The van der Waals surface area contributed by atoms with E-state index in [0.717, 1.165) is 24.3 Å². The molecule has 2 atom stereocenters. The standard InChI is InChI=1S/C12H17N3O3S/c1-7(16)13-12-15-14-11(19-12)9-4-3-8(5-9)6-10(17)18-2/h8-9H,3-6H2,1-2H3,(H,13,15,16)/t8-,9+/m0/s1. The molecule has 1 aromatic rings. The third kappa shape index (κ3) is 3.73. The number of esters is 1. The fraction of sp³-hybridized carbons (Fsp3) is 0.667. The molecule has 0 bridgehead atoms. The first kappa shape index (κ1) is 13.9. The van der Waals surface area contributed by atoms with E-state index in [1.54, 1.807) is 0 Å². The molecule has 2 rings (SSSR count). The molecule has 1 aliphatic rings. The SMILES string of the molecule is COC(=O)C[C@H]1CC[C@@H](c2nnc(NC(C)=O)s2)C1. The van der Waals surface area contributed by atoms with Crippen LogP contribution in [0.5, 0.6) is 0 Å². The van der Waals surface area contributed by atoms with Crippen LogP contribution in [-0.2, 0) is 14.3 Å². The zero-order valence-corrected chi connectivity index (χ0v) is 11.8. The second kappa shape index (κ2) is 6.10. The number of nitrogens with zero attached hydrogens (tertiary/aromatic N) is 2. The maximum Gasteiger partial charge on any atom is 0.305 e. The molecule has 1 heterocycles. The van der Waals surface area contributed by atoms with E-state index in [1.807, 2.05) is 0 Å². The Balaban J connectivity index is 1.91. The zero-order valence-electron chi connectivity index (χ0n) is 11.0. The number of amides is 1. The lowest BCUT2D eigenvalue weighted by atomic mass is 10.0. The molecule has 104 valence electrons. The predicted octanol–water partition coefficient (Wildman–Crippen LogP) is 1.94. The van der Waals surface area contributed by atoms with Crippen molar-refractivity contribution in [1.29, 1.82) is 0 Å². The number of nitrogens with one attached hydrogen (secondary N) is 1. The van der Waals surface area contributed by atoms with Crippen molar-refractivity contribution in [1.82, 2.24) is 10.2 Å². The third-order valence-electron chi connectivity index (χ3n) is 3.30. The molecule has 19 heavy (non-hydrogen) atoms. The van der Waals surface area contributed by atoms with Crippen LogP contribution >= 0.6 is 11.3 Å². The summed E-state index contributed by atoms with van der Waals surface area (Å²) >= 11 is 1.41. The molecule has 1 aliphatic carbocycles. The van der Waals surface area contributed by atoms with Crippen LogP contribution in [0.25, 0.3) is 0 Å². The molecule has 7 heteroatoms. The number of ether oxygens (including phenoxy) is 1. The molecule has 0 spiro atoms. The average molecular weight is 283 g/mol. The van der Waals surface area contributed by atoms with Crippen LogP contribution in [0.1, 0.15) is 43.5 Å². The summed E-state index contributed by atoms with van der Waals surface area (Å²) in [6.45, 7) is 1.45. The molecule has 1 fully saturated rings. The maximum atomic E-state index is 11.2. The van der Waals surface area contributed by atoms with E-state index in [9.17, 15) is 9.59 Å². The number of carbonyl (C=O) groups excluding carboxylic acids is 2. The Morgan fingerprint density at radius 3 is 2.89 bits per heavy atom. The monoisotopic (exact) mass is 283 g/mol. The Bertz CT molecular complexity index is 475. The lowest BCUT2D eigenvalue weighted by Gasteiger charge is -2.07. The number of rotatable bonds is 4. The van der Waals surface area contributed by atoms with E-state index < -0.39 is 0 Å². The Hall–Kier alpha value is -1.50. The first-order valence-electron chi connectivity index (χ1n) is 6.26. The van der Waals surface area contributed by atoms with Crippen molar-refractivity contribution in [2.24, 2.45) is 5.92 Å². The minimum absolute atomic E-state index is 0.141. The summed E-state index contributed by atoms with van der Waals surface area (Å²) in [6.07, 6.45) is 3.43. The van der Waals surface area contributed by atoms with E-state index in [-0.39, 0.29) is 11.9 Å². The van der Waals surface area contributed by atoms with Crippen molar-refractivity contribution >= 4 is 28.3 Å². The second-order valence-corrected chi connectivity index (χ2v) is 5.79. The lowest BCUT2D eigenvalue weighted by molar-refractivity contribution is -0.141. The molecule has 1 aromatic heterocycles. The Kier molecular flexibility index (Phi) is 4.47. The van der Waals surface area contributed by atoms with Gasteiger partial charge in [-0.1, -0.05) is 11.3 Å². The summed E-state index contributed by atoms with van der Waals surface area (Å²) in [7, 11) is 1.42. The summed E-state index contributed by atoms with van der Waals surface area (Å²) in [5, 5.41) is 12.2. The van der Waals surface area contributed by atoms with Gasteiger partial charge in [0.05, 0.1) is 7.11 Å². The number of hydrogen-bond acceptors (Lipinski definition) is 6. The maximum absolute atomic E-state index is 11.2. The summed E-state index contributed by atoms with van der Waals surface area (Å²) in [5.41, 5.74) is 0. The van der Waals surface area contributed by atoms with E-state index in [2.05, 4.69) is 20.3 Å². The van der Waals surface area contributed by atoms with Crippen LogP contribution in [0.4, 0.5) is 5.13 Å². The van der Waals surface area contributed by atoms with Crippen molar-refractivity contribution in [3.8, 4) is 0 Å². The van der Waals surface area contributed by atoms with Crippen LogP contribution in [0.2, 0.25) is 0 Å². The molecule has 1 N–H and O–H groups in total. The van der Waals surface area contributed by atoms with Gasteiger partial charge >= 0.3 is 5.97 Å². The van der Waals surface area contributed by atoms with Crippen molar-refractivity contribution in [2.45, 2.75) is 38.5 Å². The minimum atomic E-state index is -0.151. The van der Waals surface area contributed by atoms with Gasteiger partial charge in [0.15, 0.2) is 0 Å². The molecule has 1 amide bonds. The van der Waals surface area contributed by atoms with Gasteiger partial charge in [-0.15, -0.1) is 10.2 Å². The van der Waals surface area contributed by atoms with Crippen LogP contribution in [0.3, 0.4) is 0 Å². The molecule has 1 saturated carbocycles. The van der Waals surface area contributed by atoms with Gasteiger partial charge in [-0.05, 0) is 25.2 Å². The van der Waals surface area contributed by atoms with E-state index in [1.165, 1.54) is 25.4 Å². The first-order chi connectivity index (χ1) is 9.08. The normalized spacial score (nSPS) is 22.2. The Morgan fingerprint density at radius 2 is 2.21 bits per heavy atom. The molecular weight excluding hydrogens is 266 g/mol. The Morgan fingerprint density at radius 1 is 1.42 bits per heavy atom. The zero-order chi connectivity index (χ0) is 13.8. The van der Waals surface area contributed by atoms with E-state index in [4.69, 9.17) is 0 Å². The summed E-state index contributed by atoms with van der Waals surface area (Å²) in [6, 6.07) is 0. The summed E-state index contributed by atoms with van der Waals surface area (Å²) in [5.74, 6) is 0.416. The largest absolute Gasteiger partial charge is 0.469 e. The van der Waals surface area contributed by atoms with E-state index >= 15 is 0 Å². The van der Waals surface area contributed by atoms with Gasteiger partial charge < -0.3 is 10.1 Å². The van der Waals surface area contributed by atoms with Crippen LogP contribution in [-0.4, -0.2) is 29.2 Å². The Labute approximate surface area is 115 Å². The van der Waals surface area contributed by atoms with Gasteiger partial charge in [-0.2, -0.15) is 0 Å². The quantitative estimate of drug-likeness (QED) is 0.854. The van der Waals surface area contributed by atoms with Gasteiger partial charge in [-0.3, -0.25) is 9.59 Å². The van der Waals surface area contributed by atoms with Crippen LogP contribution < -0.4 is 5.32 Å². The van der Waals surface area contributed by atoms with Gasteiger partial charge in [0, 0.05) is 19.3 Å². The van der Waals surface area contributed by atoms with Crippen molar-refractivity contribution in [3.63, 3.8) is 0 Å². The fourth-order valence-corrected chi connectivity index (χ4v) is 3.34. The van der Waals surface area contributed by atoms with Crippen LogP contribution in [0, 0.1) is 5.92 Å². The highest BCUT2D eigenvalue weighted by Crippen LogP contribution is 2.41. The summed E-state index contributed by atoms with van der Waals surface area (Å²) in [4.78, 5) is 22.2. The van der Waals surface area contributed by atoms with Gasteiger partial charge in [0.25, 0.3) is 0 Å². The highest BCUT2D eigenvalue weighted by Gasteiger charge is 2.30. The molecule has 0 saturated heterocycles. The number of carbonyl (C=O) groups is 2. The minimum Gasteiger partial charge on any atom is -0.469 e. The summed E-state index contributed by atoms with van der Waals surface area (Å²) < 4.78 is 4.69. The lowest BCUT2D eigenvalue weighted by Crippen LogP contribution is -2.07. The van der Waals surface area contributed by atoms with Crippen LogP contribution in [0.15, 0.2) is 0 Å². The third-order valence-corrected chi connectivity index (χ3v) is 4.30. The molecule has 0 radical (unpaired) electrons. The highest BCUT2D eigenvalue weighted by atomic mass is 32.1. The topological polar surface area (TPSA) is 81.2 Å². The molecule has 0 aromatic carbocycles. The first-order valence-corrected chi connectivity index (χ1v) is 7.08. The van der Waals surface area contributed by atoms with Crippen molar-refractivity contribution in [3.05, 3.63) is 5.01 Å².